The third-order valence-corrected chi connectivity index (χ3v) is 4.63. The molecule has 2 N–H and O–H groups in total. The lowest BCUT2D eigenvalue weighted by molar-refractivity contribution is -0.145. The van der Waals surface area contributed by atoms with Crippen LogP contribution in [0.4, 0.5) is 0 Å². The molecule has 0 bridgehead atoms. The Bertz CT molecular complexity index is 375. The summed E-state index contributed by atoms with van der Waals surface area (Å²) in [6.07, 6.45) is 4.38. The zero-order valence-electron chi connectivity index (χ0n) is 18.2. The van der Waals surface area contributed by atoms with Crippen LogP contribution in [0.2, 0.25) is 0 Å². The number of carboxylic acid groups (broad SMARTS) is 2. The van der Waals surface area contributed by atoms with Crippen LogP contribution in [0.15, 0.2) is 0 Å². The van der Waals surface area contributed by atoms with Gasteiger partial charge in [0, 0.05) is 26.4 Å². The zero-order valence-corrected chi connectivity index (χ0v) is 18.2. The minimum atomic E-state index is -1.02. The fourth-order valence-electron chi connectivity index (χ4n) is 2.90. The summed E-state index contributed by atoms with van der Waals surface area (Å²) >= 11 is 0. The van der Waals surface area contributed by atoms with E-state index in [9.17, 15) is 19.8 Å². The summed E-state index contributed by atoms with van der Waals surface area (Å²) in [7, 11) is 0. The molecule has 0 aliphatic heterocycles. The molecule has 0 spiro atoms. The van der Waals surface area contributed by atoms with Crippen LogP contribution in [-0.4, -0.2) is 75.0 Å². The Kier molecular flexibility index (Phi) is 18.0. The molecule has 0 heterocycles. The summed E-state index contributed by atoms with van der Waals surface area (Å²) in [4.78, 5) is 22.7. The van der Waals surface area contributed by atoms with Crippen LogP contribution in [0.1, 0.15) is 65.2 Å². The van der Waals surface area contributed by atoms with E-state index < -0.39 is 17.4 Å². The molecule has 0 atom stereocenters. The van der Waals surface area contributed by atoms with Gasteiger partial charge in [0.1, 0.15) is 0 Å². The molecule has 8 nitrogen and oxygen atoms in total. The molecule has 0 saturated carbocycles. The van der Waals surface area contributed by atoms with Crippen molar-refractivity contribution in [1.29, 1.82) is 0 Å². The maximum atomic E-state index is 11.4. The van der Waals surface area contributed by atoms with E-state index in [4.69, 9.17) is 18.9 Å². The van der Waals surface area contributed by atoms with Crippen LogP contribution in [0.5, 0.6) is 0 Å². The molecule has 0 amide bonds. The highest BCUT2D eigenvalue weighted by Gasteiger charge is 2.35. The first-order valence-electron chi connectivity index (χ1n) is 10.7. The Labute approximate surface area is 174 Å². The highest BCUT2D eigenvalue weighted by molar-refractivity contribution is 5.71. The molecule has 8 heteroatoms. The predicted octanol–water partition coefficient (Wildman–Crippen LogP) is 3.37. The predicted molar refractivity (Wildman–Crippen MR) is 109 cm³/mol. The molecule has 0 aromatic carbocycles. The minimum Gasteiger partial charge on any atom is -0.481 e. The highest BCUT2D eigenvalue weighted by Crippen LogP contribution is 2.35. The second-order valence-corrected chi connectivity index (χ2v) is 7.30. The average Bonchev–Trinajstić information content (AvgIpc) is 2.65. The number of aliphatic carboxylic acids is 2. The van der Waals surface area contributed by atoms with Gasteiger partial charge in [-0.1, -0.05) is 26.7 Å². The summed E-state index contributed by atoms with van der Waals surface area (Å²) in [6.45, 7) is 7.93. The maximum Gasteiger partial charge on any atom is 0.303 e. The molecule has 0 aliphatic carbocycles. The molecule has 0 aliphatic rings. The Hall–Kier alpha value is -1.22. The van der Waals surface area contributed by atoms with Gasteiger partial charge in [-0.15, -0.1) is 0 Å². The van der Waals surface area contributed by atoms with E-state index in [-0.39, 0.29) is 26.1 Å². The zero-order chi connectivity index (χ0) is 21.8. The van der Waals surface area contributed by atoms with E-state index in [0.717, 1.165) is 25.7 Å². The van der Waals surface area contributed by atoms with Crippen LogP contribution >= 0.6 is 0 Å². The Balaban J connectivity index is 4.37. The van der Waals surface area contributed by atoms with Crippen LogP contribution in [-0.2, 0) is 28.5 Å². The van der Waals surface area contributed by atoms with Gasteiger partial charge in [-0.3, -0.25) is 9.59 Å². The number of hydrogen-bond acceptors (Lipinski definition) is 6. The van der Waals surface area contributed by atoms with E-state index in [1.807, 2.05) is 0 Å². The van der Waals surface area contributed by atoms with Crippen molar-refractivity contribution in [2.45, 2.75) is 65.2 Å². The van der Waals surface area contributed by atoms with Gasteiger partial charge in [-0.05, 0) is 31.1 Å². The van der Waals surface area contributed by atoms with Gasteiger partial charge in [0.15, 0.2) is 0 Å². The molecule has 0 fully saturated rings. The van der Waals surface area contributed by atoms with Crippen LogP contribution < -0.4 is 0 Å². The Morgan fingerprint density at radius 1 is 0.621 bits per heavy atom. The van der Waals surface area contributed by atoms with Gasteiger partial charge < -0.3 is 29.2 Å². The first-order valence-corrected chi connectivity index (χ1v) is 10.7. The molecular weight excluding hydrogens is 380 g/mol. The third kappa shape index (κ3) is 17.4. The van der Waals surface area contributed by atoms with Crippen molar-refractivity contribution in [3.05, 3.63) is 0 Å². The normalized spacial score (nSPS) is 11.7. The lowest BCUT2D eigenvalue weighted by Gasteiger charge is -2.31. The fraction of sp³-hybridized carbons (Fsp3) is 0.905. The molecule has 0 rings (SSSR count). The van der Waals surface area contributed by atoms with E-state index in [2.05, 4.69) is 13.8 Å². The monoisotopic (exact) mass is 420 g/mol. The standard InChI is InChI=1S/C21H40O8/c1-3-5-9-26-13-15-28-11-7-21(17-19(22)23,18-20(24)25)8-12-29-16-14-27-10-6-4-2/h3-18H2,1-2H3,(H,22,23)(H,24,25). The summed E-state index contributed by atoms with van der Waals surface area (Å²) in [5.74, 6) is -2.03. The summed E-state index contributed by atoms with van der Waals surface area (Å²) in [5.41, 5.74) is -0.899. The molecule has 0 radical (unpaired) electrons. The average molecular weight is 421 g/mol. The summed E-state index contributed by atoms with van der Waals surface area (Å²) < 4.78 is 21.9. The van der Waals surface area contributed by atoms with Crippen molar-refractivity contribution < 1.29 is 38.7 Å². The van der Waals surface area contributed by atoms with Crippen molar-refractivity contribution in [1.82, 2.24) is 0 Å². The van der Waals surface area contributed by atoms with E-state index in [1.165, 1.54) is 0 Å². The maximum absolute atomic E-state index is 11.4. The molecule has 0 aromatic rings. The van der Waals surface area contributed by atoms with Crippen LogP contribution in [0.25, 0.3) is 0 Å². The molecule has 29 heavy (non-hydrogen) atoms. The third-order valence-electron chi connectivity index (χ3n) is 4.63. The quantitative estimate of drug-likeness (QED) is 0.256. The smallest absolute Gasteiger partial charge is 0.303 e. The first-order chi connectivity index (χ1) is 14.0. The summed E-state index contributed by atoms with van der Waals surface area (Å²) in [6, 6.07) is 0. The molecule has 0 aromatic heterocycles. The molecular formula is C21H40O8. The van der Waals surface area contributed by atoms with Gasteiger partial charge in [0.05, 0.1) is 39.3 Å². The number of carboxylic acids is 2. The highest BCUT2D eigenvalue weighted by atomic mass is 16.5. The van der Waals surface area contributed by atoms with E-state index >= 15 is 0 Å². The second-order valence-electron chi connectivity index (χ2n) is 7.30. The van der Waals surface area contributed by atoms with E-state index in [1.54, 1.807) is 0 Å². The van der Waals surface area contributed by atoms with Gasteiger partial charge >= 0.3 is 11.9 Å². The number of carbonyl (C=O) groups is 2. The largest absolute Gasteiger partial charge is 0.481 e. The second kappa shape index (κ2) is 18.8. The SMILES string of the molecule is CCCCOCCOCCC(CCOCCOCCCC)(CC(=O)O)CC(=O)O. The van der Waals surface area contributed by atoms with Crippen molar-refractivity contribution in [2.75, 3.05) is 52.9 Å². The van der Waals surface area contributed by atoms with E-state index in [0.29, 0.717) is 52.5 Å². The number of rotatable bonds is 22. The first kappa shape index (κ1) is 27.8. The number of ether oxygens (including phenoxy) is 4. The van der Waals surface area contributed by atoms with Gasteiger partial charge in [0.25, 0.3) is 0 Å². The lowest BCUT2D eigenvalue weighted by atomic mass is 9.75. The Morgan fingerprint density at radius 2 is 0.966 bits per heavy atom. The molecule has 172 valence electrons. The van der Waals surface area contributed by atoms with Crippen molar-refractivity contribution in [2.24, 2.45) is 5.41 Å². The van der Waals surface area contributed by atoms with Crippen molar-refractivity contribution in [3.8, 4) is 0 Å². The fourth-order valence-corrected chi connectivity index (χ4v) is 2.90. The number of hydrogen-bond donors (Lipinski definition) is 2. The summed E-state index contributed by atoms with van der Waals surface area (Å²) in [5, 5.41) is 18.6. The molecule has 0 unspecified atom stereocenters. The molecule has 0 saturated heterocycles. The van der Waals surface area contributed by atoms with Crippen molar-refractivity contribution >= 4 is 11.9 Å². The van der Waals surface area contributed by atoms with Gasteiger partial charge in [-0.25, -0.2) is 0 Å². The van der Waals surface area contributed by atoms with Crippen LogP contribution in [0.3, 0.4) is 0 Å². The number of unbranched alkanes of at least 4 members (excludes halogenated alkanes) is 2. The topological polar surface area (TPSA) is 112 Å². The van der Waals surface area contributed by atoms with Gasteiger partial charge in [0.2, 0.25) is 0 Å². The van der Waals surface area contributed by atoms with Gasteiger partial charge in [-0.2, -0.15) is 0 Å². The Morgan fingerprint density at radius 3 is 1.28 bits per heavy atom. The van der Waals surface area contributed by atoms with Crippen LogP contribution in [0, 0.1) is 5.41 Å². The van der Waals surface area contributed by atoms with Crippen molar-refractivity contribution in [3.63, 3.8) is 0 Å². The lowest BCUT2D eigenvalue weighted by Crippen LogP contribution is -2.31. The minimum absolute atomic E-state index is 0.230.